The van der Waals surface area contributed by atoms with E-state index in [1.54, 1.807) is 0 Å². The number of aromatic nitrogens is 1. The van der Waals surface area contributed by atoms with Crippen molar-refractivity contribution in [2.24, 2.45) is 0 Å². The van der Waals surface area contributed by atoms with Gasteiger partial charge in [0.15, 0.2) is 12.2 Å². The number of benzene rings is 3. The van der Waals surface area contributed by atoms with Gasteiger partial charge in [0.1, 0.15) is 11.3 Å². The van der Waals surface area contributed by atoms with Crippen LogP contribution in [0.5, 0.6) is 5.75 Å². The van der Waals surface area contributed by atoms with Crippen molar-refractivity contribution in [3.05, 3.63) is 77.4 Å². The number of aryl methyl sites for hydroxylation is 2. The third-order valence-electron chi connectivity index (χ3n) is 4.82. The SMILES string of the molecule is Cc1ccc(OCC(=O)Nc2cccc(-c3nc4ccccc4o3)c2C)c(C)c1. The van der Waals surface area contributed by atoms with E-state index in [1.807, 2.05) is 81.4 Å². The van der Waals surface area contributed by atoms with Gasteiger partial charge < -0.3 is 14.5 Å². The van der Waals surface area contributed by atoms with E-state index < -0.39 is 0 Å². The lowest BCUT2D eigenvalue weighted by molar-refractivity contribution is -0.118. The Bertz CT molecular complexity index is 1160. The van der Waals surface area contributed by atoms with Gasteiger partial charge in [0.2, 0.25) is 5.89 Å². The molecule has 0 unspecified atom stereocenters. The average molecular weight is 386 g/mol. The summed E-state index contributed by atoms with van der Waals surface area (Å²) in [6.45, 7) is 5.87. The summed E-state index contributed by atoms with van der Waals surface area (Å²) < 4.78 is 11.6. The van der Waals surface area contributed by atoms with Gasteiger partial charge in [0.05, 0.1) is 0 Å². The number of ether oxygens (including phenoxy) is 1. The molecule has 0 bridgehead atoms. The van der Waals surface area contributed by atoms with Crippen molar-refractivity contribution in [2.45, 2.75) is 20.8 Å². The number of oxazole rings is 1. The van der Waals surface area contributed by atoms with E-state index in [-0.39, 0.29) is 12.5 Å². The summed E-state index contributed by atoms with van der Waals surface area (Å²) in [7, 11) is 0. The van der Waals surface area contributed by atoms with E-state index in [4.69, 9.17) is 9.15 Å². The van der Waals surface area contributed by atoms with Gasteiger partial charge in [-0.2, -0.15) is 0 Å². The second-order valence-corrected chi connectivity index (χ2v) is 7.07. The molecule has 3 aromatic carbocycles. The summed E-state index contributed by atoms with van der Waals surface area (Å²) in [4.78, 5) is 17.0. The molecule has 0 aliphatic carbocycles. The highest BCUT2D eigenvalue weighted by molar-refractivity contribution is 5.93. The Morgan fingerprint density at radius 2 is 1.86 bits per heavy atom. The highest BCUT2D eigenvalue weighted by Gasteiger charge is 2.14. The molecule has 0 saturated carbocycles. The van der Waals surface area contributed by atoms with Crippen LogP contribution in [0.2, 0.25) is 0 Å². The summed E-state index contributed by atoms with van der Waals surface area (Å²) in [5.74, 6) is 1.02. The Morgan fingerprint density at radius 3 is 2.66 bits per heavy atom. The minimum Gasteiger partial charge on any atom is -0.483 e. The first-order valence-corrected chi connectivity index (χ1v) is 9.47. The van der Waals surface area contributed by atoms with Crippen LogP contribution in [0.15, 0.2) is 65.1 Å². The molecule has 0 saturated heterocycles. The molecule has 1 N–H and O–H groups in total. The Balaban J connectivity index is 1.50. The van der Waals surface area contributed by atoms with Crippen molar-refractivity contribution < 1.29 is 13.9 Å². The number of hydrogen-bond donors (Lipinski definition) is 1. The van der Waals surface area contributed by atoms with Crippen molar-refractivity contribution >= 4 is 22.7 Å². The van der Waals surface area contributed by atoms with Crippen molar-refractivity contribution in [2.75, 3.05) is 11.9 Å². The zero-order valence-electron chi connectivity index (χ0n) is 16.7. The quantitative estimate of drug-likeness (QED) is 0.496. The molecular formula is C24H22N2O3. The smallest absolute Gasteiger partial charge is 0.262 e. The van der Waals surface area contributed by atoms with Crippen LogP contribution in [0.4, 0.5) is 5.69 Å². The summed E-state index contributed by atoms with van der Waals surface area (Å²) >= 11 is 0. The molecule has 0 fully saturated rings. The number of rotatable bonds is 5. The zero-order chi connectivity index (χ0) is 20.4. The molecule has 4 aromatic rings. The highest BCUT2D eigenvalue weighted by atomic mass is 16.5. The van der Waals surface area contributed by atoms with E-state index in [0.717, 1.165) is 33.4 Å². The maximum Gasteiger partial charge on any atom is 0.262 e. The van der Waals surface area contributed by atoms with Gasteiger partial charge in [-0.1, -0.05) is 35.9 Å². The first-order valence-electron chi connectivity index (χ1n) is 9.47. The van der Waals surface area contributed by atoms with Crippen LogP contribution in [0.1, 0.15) is 16.7 Å². The predicted molar refractivity (Wildman–Crippen MR) is 114 cm³/mol. The Morgan fingerprint density at radius 1 is 1.03 bits per heavy atom. The van der Waals surface area contributed by atoms with Gasteiger partial charge in [-0.15, -0.1) is 0 Å². The van der Waals surface area contributed by atoms with Crippen LogP contribution < -0.4 is 10.1 Å². The molecule has 5 heteroatoms. The number of anilines is 1. The Hall–Kier alpha value is -3.60. The fourth-order valence-electron chi connectivity index (χ4n) is 3.28. The summed E-state index contributed by atoms with van der Waals surface area (Å²) in [6, 6.07) is 19.2. The average Bonchev–Trinajstić information content (AvgIpc) is 3.13. The summed E-state index contributed by atoms with van der Waals surface area (Å²) in [5.41, 5.74) is 6.14. The zero-order valence-corrected chi connectivity index (χ0v) is 16.7. The van der Waals surface area contributed by atoms with Crippen LogP contribution >= 0.6 is 0 Å². The van der Waals surface area contributed by atoms with E-state index in [1.165, 1.54) is 0 Å². The van der Waals surface area contributed by atoms with Crippen molar-refractivity contribution in [1.29, 1.82) is 0 Å². The number of nitrogens with one attached hydrogen (secondary N) is 1. The van der Waals surface area contributed by atoms with Crippen LogP contribution in [0.3, 0.4) is 0 Å². The number of carbonyl (C=O) groups is 1. The number of amides is 1. The number of para-hydroxylation sites is 2. The minimum absolute atomic E-state index is 0.0591. The molecular weight excluding hydrogens is 364 g/mol. The molecule has 1 aromatic heterocycles. The first-order chi connectivity index (χ1) is 14.0. The Labute approximate surface area is 169 Å². The van der Waals surface area contributed by atoms with Crippen molar-refractivity contribution in [3.63, 3.8) is 0 Å². The number of fused-ring (bicyclic) bond motifs is 1. The second-order valence-electron chi connectivity index (χ2n) is 7.07. The molecule has 146 valence electrons. The van der Waals surface area contributed by atoms with Gasteiger partial charge in [-0.25, -0.2) is 4.98 Å². The fourth-order valence-corrected chi connectivity index (χ4v) is 3.28. The second kappa shape index (κ2) is 7.80. The molecule has 0 spiro atoms. The number of carbonyl (C=O) groups excluding carboxylic acids is 1. The highest BCUT2D eigenvalue weighted by Crippen LogP contribution is 2.30. The monoisotopic (exact) mass is 386 g/mol. The molecule has 0 aliphatic rings. The fraction of sp³-hybridized carbons (Fsp3) is 0.167. The largest absolute Gasteiger partial charge is 0.483 e. The standard InChI is InChI=1S/C24H22N2O3/c1-15-11-12-21(16(2)13-15)28-14-23(27)25-19-9-6-7-18(17(19)3)24-26-20-8-4-5-10-22(20)29-24/h4-13H,14H2,1-3H3,(H,25,27). The number of hydrogen-bond acceptors (Lipinski definition) is 4. The molecule has 1 heterocycles. The van der Waals surface area contributed by atoms with E-state index >= 15 is 0 Å². The molecule has 4 rings (SSSR count). The maximum atomic E-state index is 12.4. The van der Waals surface area contributed by atoms with E-state index in [0.29, 0.717) is 17.3 Å². The topological polar surface area (TPSA) is 64.4 Å². The van der Waals surface area contributed by atoms with Crippen LogP contribution in [-0.2, 0) is 4.79 Å². The normalized spacial score (nSPS) is 10.9. The first kappa shape index (κ1) is 18.7. The summed E-state index contributed by atoms with van der Waals surface area (Å²) in [5, 5.41) is 2.92. The van der Waals surface area contributed by atoms with Gasteiger partial charge in [-0.05, 0) is 62.2 Å². The van der Waals surface area contributed by atoms with Gasteiger partial charge in [0.25, 0.3) is 5.91 Å². The molecule has 29 heavy (non-hydrogen) atoms. The summed E-state index contributed by atoms with van der Waals surface area (Å²) in [6.07, 6.45) is 0. The lowest BCUT2D eigenvalue weighted by atomic mass is 10.1. The minimum atomic E-state index is -0.220. The number of nitrogens with zero attached hydrogens (tertiary/aromatic N) is 1. The van der Waals surface area contributed by atoms with Crippen LogP contribution in [0.25, 0.3) is 22.6 Å². The third-order valence-corrected chi connectivity index (χ3v) is 4.82. The van der Waals surface area contributed by atoms with Crippen LogP contribution in [-0.4, -0.2) is 17.5 Å². The van der Waals surface area contributed by atoms with Gasteiger partial charge in [-0.3, -0.25) is 4.79 Å². The molecule has 5 nitrogen and oxygen atoms in total. The predicted octanol–water partition coefficient (Wildman–Crippen LogP) is 5.44. The molecule has 0 atom stereocenters. The lowest BCUT2D eigenvalue weighted by Crippen LogP contribution is -2.21. The molecule has 0 radical (unpaired) electrons. The lowest BCUT2D eigenvalue weighted by Gasteiger charge is -2.12. The van der Waals surface area contributed by atoms with Gasteiger partial charge in [0, 0.05) is 11.3 Å². The third kappa shape index (κ3) is 3.99. The van der Waals surface area contributed by atoms with E-state index in [9.17, 15) is 4.79 Å². The van der Waals surface area contributed by atoms with Crippen LogP contribution in [0, 0.1) is 20.8 Å². The van der Waals surface area contributed by atoms with E-state index in [2.05, 4.69) is 10.3 Å². The molecule has 0 aliphatic heterocycles. The Kier molecular flexibility index (Phi) is 5.04. The maximum absolute atomic E-state index is 12.4. The molecule has 1 amide bonds. The van der Waals surface area contributed by atoms with Crippen molar-refractivity contribution in [3.8, 4) is 17.2 Å². The van der Waals surface area contributed by atoms with Gasteiger partial charge >= 0.3 is 0 Å². The van der Waals surface area contributed by atoms with Crippen molar-refractivity contribution in [1.82, 2.24) is 4.98 Å².